The lowest BCUT2D eigenvalue weighted by atomic mass is 10.1. The highest BCUT2D eigenvalue weighted by Crippen LogP contribution is 2.10. The molecule has 0 fully saturated rings. The molecule has 0 aromatic heterocycles. The minimum atomic E-state index is -0.379. The van der Waals surface area contributed by atoms with Crippen LogP contribution >= 0.6 is 24.0 Å². The molecule has 2 aromatic carbocycles. The maximum Gasteiger partial charge on any atom is 0.191 e. The van der Waals surface area contributed by atoms with E-state index < -0.39 is 0 Å². The van der Waals surface area contributed by atoms with Crippen LogP contribution in [0.3, 0.4) is 0 Å². The summed E-state index contributed by atoms with van der Waals surface area (Å²) in [6.45, 7) is 3.15. The molecule has 2 N–H and O–H groups in total. The van der Waals surface area contributed by atoms with Crippen molar-refractivity contribution < 1.29 is 8.78 Å². The van der Waals surface area contributed by atoms with E-state index >= 15 is 0 Å². The lowest BCUT2D eigenvalue weighted by molar-refractivity contribution is 0.604. The van der Waals surface area contributed by atoms with Crippen molar-refractivity contribution in [3.8, 4) is 6.07 Å². The van der Waals surface area contributed by atoms with Crippen LogP contribution in [0.2, 0.25) is 0 Å². The van der Waals surface area contributed by atoms with Gasteiger partial charge in [-0.3, -0.25) is 0 Å². The lowest BCUT2D eigenvalue weighted by Crippen LogP contribution is -2.37. The van der Waals surface area contributed by atoms with Crippen molar-refractivity contribution in [2.75, 3.05) is 6.54 Å². The Balaban J connectivity index is 0.00000312. The van der Waals surface area contributed by atoms with Crippen molar-refractivity contribution >= 4 is 29.9 Å². The number of guanidine groups is 1. The first-order chi connectivity index (χ1) is 11.6. The summed E-state index contributed by atoms with van der Waals surface area (Å²) in [5.74, 6) is -0.153. The summed E-state index contributed by atoms with van der Waals surface area (Å²) in [4.78, 5) is 4.39. The molecule has 0 saturated heterocycles. The van der Waals surface area contributed by atoms with Crippen LogP contribution in [0, 0.1) is 23.0 Å². The van der Waals surface area contributed by atoms with Gasteiger partial charge in [0.15, 0.2) is 5.96 Å². The molecule has 2 rings (SSSR count). The number of nitrogens with one attached hydrogen (secondary N) is 2. The highest BCUT2D eigenvalue weighted by Gasteiger charge is 2.05. The number of nitriles is 1. The Bertz CT molecular complexity index is 755. The Labute approximate surface area is 163 Å². The summed E-state index contributed by atoms with van der Waals surface area (Å²) in [5, 5.41) is 15.0. The summed E-state index contributed by atoms with van der Waals surface area (Å²) in [5.41, 5.74) is 1.66. The molecule has 0 aliphatic rings. The van der Waals surface area contributed by atoms with E-state index in [1.54, 1.807) is 12.1 Å². The maximum absolute atomic E-state index is 13.8. The van der Waals surface area contributed by atoms with Gasteiger partial charge in [0.1, 0.15) is 11.6 Å². The molecule has 0 saturated carbocycles. The Hall–Kier alpha value is -2.21. The Morgan fingerprint density at radius 3 is 2.48 bits per heavy atom. The standard InChI is InChI=1S/C18H18F2N4.HI/c1-2-22-18(23-11-13-3-6-16(19)7-4-13)24-12-15-9-14(10-21)5-8-17(15)20;/h3-9H,2,11-12H2,1H3,(H2,22,23,24);1H. The molecule has 0 unspecified atom stereocenters. The number of halogens is 3. The lowest BCUT2D eigenvalue weighted by Gasteiger charge is -2.12. The predicted molar refractivity (Wildman–Crippen MR) is 105 cm³/mol. The summed E-state index contributed by atoms with van der Waals surface area (Å²) in [6, 6.07) is 12.3. The van der Waals surface area contributed by atoms with Gasteiger partial charge in [0.05, 0.1) is 18.2 Å². The summed E-state index contributed by atoms with van der Waals surface area (Å²) in [6.07, 6.45) is 0. The minimum absolute atomic E-state index is 0. The molecule has 2 aromatic rings. The topological polar surface area (TPSA) is 60.2 Å². The molecule has 0 bridgehead atoms. The van der Waals surface area contributed by atoms with Gasteiger partial charge in [-0.15, -0.1) is 24.0 Å². The first-order valence-corrected chi connectivity index (χ1v) is 7.57. The maximum atomic E-state index is 13.8. The third-order valence-electron chi connectivity index (χ3n) is 3.30. The zero-order chi connectivity index (χ0) is 17.4. The Kier molecular flexibility index (Phi) is 8.84. The first kappa shape index (κ1) is 20.8. The number of aliphatic imine (C=N–C) groups is 1. The quantitative estimate of drug-likeness (QED) is 0.410. The van der Waals surface area contributed by atoms with Crippen LogP contribution in [0.1, 0.15) is 23.6 Å². The molecule has 0 aliphatic carbocycles. The minimum Gasteiger partial charge on any atom is -0.357 e. The molecule has 0 radical (unpaired) electrons. The van der Waals surface area contributed by atoms with E-state index in [0.29, 0.717) is 30.2 Å². The van der Waals surface area contributed by atoms with Crippen LogP contribution in [0.15, 0.2) is 47.5 Å². The Morgan fingerprint density at radius 1 is 1.12 bits per heavy atom. The van der Waals surface area contributed by atoms with E-state index in [2.05, 4.69) is 15.6 Å². The van der Waals surface area contributed by atoms with Crippen molar-refractivity contribution in [1.29, 1.82) is 5.26 Å². The fraction of sp³-hybridized carbons (Fsp3) is 0.222. The van der Waals surface area contributed by atoms with Crippen LogP contribution < -0.4 is 10.6 Å². The fourth-order valence-corrected chi connectivity index (χ4v) is 2.06. The van der Waals surface area contributed by atoms with Crippen LogP contribution in [0.4, 0.5) is 8.78 Å². The molecular weight excluding hydrogens is 437 g/mol. The fourth-order valence-electron chi connectivity index (χ4n) is 2.06. The highest BCUT2D eigenvalue weighted by molar-refractivity contribution is 14.0. The van der Waals surface area contributed by atoms with Crippen molar-refractivity contribution in [3.05, 3.63) is 70.8 Å². The second-order valence-corrected chi connectivity index (χ2v) is 5.09. The molecule has 0 spiro atoms. The number of benzene rings is 2. The van der Waals surface area contributed by atoms with Gasteiger partial charge in [0.2, 0.25) is 0 Å². The monoisotopic (exact) mass is 456 g/mol. The van der Waals surface area contributed by atoms with E-state index in [-0.39, 0.29) is 42.2 Å². The molecular formula is C18H19F2IN4. The molecule has 25 heavy (non-hydrogen) atoms. The van der Waals surface area contributed by atoms with Gasteiger partial charge in [0, 0.05) is 18.7 Å². The largest absolute Gasteiger partial charge is 0.357 e. The molecule has 0 atom stereocenters. The third-order valence-corrected chi connectivity index (χ3v) is 3.30. The smallest absolute Gasteiger partial charge is 0.191 e. The second kappa shape index (κ2) is 10.6. The summed E-state index contributed by atoms with van der Waals surface area (Å²) in [7, 11) is 0. The number of rotatable bonds is 5. The zero-order valence-electron chi connectivity index (χ0n) is 13.7. The van der Waals surface area contributed by atoms with Gasteiger partial charge in [-0.2, -0.15) is 5.26 Å². The van der Waals surface area contributed by atoms with Gasteiger partial charge in [-0.1, -0.05) is 12.1 Å². The average molecular weight is 456 g/mol. The normalized spacial score (nSPS) is 10.6. The van der Waals surface area contributed by atoms with Crippen molar-refractivity contribution in [1.82, 2.24) is 10.6 Å². The van der Waals surface area contributed by atoms with E-state index in [4.69, 9.17) is 5.26 Å². The molecule has 0 aliphatic heterocycles. The summed E-state index contributed by atoms with van der Waals surface area (Å²) < 4.78 is 26.7. The van der Waals surface area contributed by atoms with Gasteiger partial charge in [-0.25, -0.2) is 13.8 Å². The van der Waals surface area contributed by atoms with Gasteiger partial charge < -0.3 is 10.6 Å². The summed E-state index contributed by atoms with van der Waals surface area (Å²) >= 11 is 0. The molecule has 4 nitrogen and oxygen atoms in total. The predicted octanol–water partition coefficient (Wildman–Crippen LogP) is 3.71. The average Bonchev–Trinajstić information content (AvgIpc) is 2.60. The van der Waals surface area contributed by atoms with Crippen LogP contribution in [-0.2, 0) is 13.1 Å². The van der Waals surface area contributed by atoms with Gasteiger partial charge >= 0.3 is 0 Å². The van der Waals surface area contributed by atoms with Gasteiger partial charge in [-0.05, 0) is 42.8 Å². The molecule has 0 heterocycles. The van der Waals surface area contributed by atoms with Crippen molar-refractivity contribution in [2.45, 2.75) is 20.0 Å². The van der Waals surface area contributed by atoms with Crippen LogP contribution in [-0.4, -0.2) is 12.5 Å². The van der Waals surface area contributed by atoms with Crippen molar-refractivity contribution in [3.63, 3.8) is 0 Å². The molecule has 7 heteroatoms. The SMILES string of the molecule is CCNC(=NCc1ccc(F)cc1)NCc1cc(C#N)ccc1F.I. The van der Waals surface area contributed by atoms with E-state index in [0.717, 1.165) is 5.56 Å². The first-order valence-electron chi connectivity index (χ1n) is 7.57. The third kappa shape index (κ3) is 6.66. The van der Waals surface area contributed by atoms with Crippen molar-refractivity contribution in [2.24, 2.45) is 4.99 Å². The van der Waals surface area contributed by atoms with E-state index in [1.807, 2.05) is 13.0 Å². The Morgan fingerprint density at radius 2 is 1.84 bits per heavy atom. The van der Waals surface area contributed by atoms with Crippen LogP contribution in [0.25, 0.3) is 0 Å². The van der Waals surface area contributed by atoms with Crippen LogP contribution in [0.5, 0.6) is 0 Å². The number of hydrogen-bond acceptors (Lipinski definition) is 2. The molecule has 0 amide bonds. The van der Waals surface area contributed by atoms with E-state index in [9.17, 15) is 8.78 Å². The van der Waals surface area contributed by atoms with Gasteiger partial charge in [0.25, 0.3) is 0 Å². The second-order valence-electron chi connectivity index (χ2n) is 5.09. The van der Waals surface area contributed by atoms with E-state index in [1.165, 1.54) is 30.3 Å². The molecule has 132 valence electrons. The zero-order valence-corrected chi connectivity index (χ0v) is 16.1. The highest BCUT2D eigenvalue weighted by atomic mass is 127. The number of hydrogen-bond donors (Lipinski definition) is 2. The number of nitrogens with zero attached hydrogens (tertiary/aromatic N) is 2.